The Morgan fingerprint density at radius 1 is 1.43 bits per heavy atom. The molecule has 0 aliphatic heterocycles. The molecule has 1 heterocycles. The van der Waals surface area contributed by atoms with E-state index < -0.39 is 18.0 Å². The normalized spacial score (nSPS) is 12.0. The molecular formula is C14H16FN3O2S. The number of aliphatic hydroxyl groups is 1. The maximum atomic E-state index is 13.4. The fourth-order valence-electron chi connectivity index (χ4n) is 1.76. The first-order chi connectivity index (χ1) is 10.1. The number of carbonyl (C=O) groups is 1. The highest BCUT2D eigenvalue weighted by Crippen LogP contribution is 2.15. The molecule has 0 bridgehead atoms. The Morgan fingerprint density at radius 3 is 2.86 bits per heavy atom. The molecule has 2 rings (SSSR count). The molecule has 0 aliphatic rings. The number of hydrogen-bond acceptors (Lipinski definition) is 4. The standard InChI is InChI=1S/C14H16FN3O2S/c1-9-13(21-8-18-9)7-17-14(20)16-6-12(19)10-4-2-3-5-11(10)15/h2-5,8,12,19H,6-7H2,1H3,(H2,16,17,20). The first-order valence-corrected chi connectivity index (χ1v) is 7.29. The number of rotatable bonds is 5. The molecule has 112 valence electrons. The first-order valence-electron chi connectivity index (χ1n) is 6.41. The highest BCUT2D eigenvalue weighted by Gasteiger charge is 2.13. The van der Waals surface area contributed by atoms with E-state index in [9.17, 15) is 14.3 Å². The molecule has 21 heavy (non-hydrogen) atoms. The van der Waals surface area contributed by atoms with Crippen molar-refractivity contribution in [3.05, 3.63) is 51.7 Å². The van der Waals surface area contributed by atoms with Crippen molar-refractivity contribution < 1.29 is 14.3 Å². The zero-order chi connectivity index (χ0) is 15.2. The Balaban J connectivity index is 1.79. The molecule has 0 radical (unpaired) electrons. The van der Waals surface area contributed by atoms with E-state index in [1.54, 1.807) is 17.6 Å². The summed E-state index contributed by atoms with van der Waals surface area (Å²) in [6, 6.07) is 5.52. The van der Waals surface area contributed by atoms with Crippen LogP contribution < -0.4 is 10.6 Å². The van der Waals surface area contributed by atoms with E-state index in [0.29, 0.717) is 6.54 Å². The third kappa shape index (κ3) is 4.24. The number of aliphatic hydroxyl groups excluding tert-OH is 1. The lowest BCUT2D eigenvalue weighted by molar-refractivity contribution is 0.169. The lowest BCUT2D eigenvalue weighted by atomic mass is 10.1. The summed E-state index contributed by atoms with van der Waals surface area (Å²) in [5.74, 6) is -0.493. The fraction of sp³-hybridized carbons (Fsp3) is 0.286. The zero-order valence-corrected chi connectivity index (χ0v) is 12.3. The summed E-state index contributed by atoms with van der Waals surface area (Å²) in [6.07, 6.45) is -1.08. The van der Waals surface area contributed by atoms with Crippen molar-refractivity contribution in [1.82, 2.24) is 15.6 Å². The van der Waals surface area contributed by atoms with Crippen LogP contribution in [0, 0.1) is 12.7 Å². The van der Waals surface area contributed by atoms with Gasteiger partial charge in [-0.15, -0.1) is 11.3 Å². The van der Waals surface area contributed by atoms with Gasteiger partial charge in [0.25, 0.3) is 0 Å². The number of carbonyl (C=O) groups excluding carboxylic acids is 1. The number of aromatic nitrogens is 1. The van der Waals surface area contributed by atoms with E-state index in [1.807, 2.05) is 6.92 Å². The van der Waals surface area contributed by atoms with E-state index >= 15 is 0 Å². The second kappa shape index (κ2) is 7.14. The van der Waals surface area contributed by atoms with Gasteiger partial charge in [-0.3, -0.25) is 0 Å². The third-order valence-electron chi connectivity index (χ3n) is 2.97. The smallest absolute Gasteiger partial charge is 0.315 e. The van der Waals surface area contributed by atoms with Crippen molar-refractivity contribution in [3.8, 4) is 0 Å². The van der Waals surface area contributed by atoms with Gasteiger partial charge >= 0.3 is 6.03 Å². The summed E-state index contributed by atoms with van der Waals surface area (Å²) in [5.41, 5.74) is 2.76. The number of amides is 2. The van der Waals surface area contributed by atoms with Gasteiger partial charge in [-0.1, -0.05) is 18.2 Å². The van der Waals surface area contributed by atoms with Gasteiger partial charge in [-0.05, 0) is 13.0 Å². The average Bonchev–Trinajstić information content (AvgIpc) is 2.88. The molecule has 1 aromatic carbocycles. The number of benzene rings is 1. The number of halogens is 1. The van der Waals surface area contributed by atoms with Crippen LogP contribution in [-0.4, -0.2) is 22.7 Å². The maximum absolute atomic E-state index is 13.4. The summed E-state index contributed by atoms with van der Waals surface area (Å²) in [6.45, 7) is 2.18. The van der Waals surface area contributed by atoms with Crippen LogP contribution in [0.4, 0.5) is 9.18 Å². The molecule has 0 aliphatic carbocycles. The molecular weight excluding hydrogens is 293 g/mol. The van der Waals surface area contributed by atoms with Crippen molar-refractivity contribution in [2.75, 3.05) is 6.54 Å². The van der Waals surface area contributed by atoms with Crippen LogP contribution in [0.1, 0.15) is 22.2 Å². The van der Waals surface area contributed by atoms with E-state index in [1.165, 1.54) is 23.5 Å². The molecule has 2 amide bonds. The van der Waals surface area contributed by atoms with Crippen LogP contribution in [0.15, 0.2) is 29.8 Å². The predicted molar refractivity (Wildman–Crippen MR) is 78.4 cm³/mol. The lowest BCUT2D eigenvalue weighted by Gasteiger charge is -2.13. The number of aryl methyl sites for hydroxylation is 1. The molecule has 0 saturated carbocycles. The van der Waals surface area contributed by atoms with Crippen molar-refractivity contribution in [2.45, 2.75) is 19.6 Å². The Hall–Kier alpha value is -1.99. The third-order valence-corrected chi connectivity index (χ3v) is 3.91. The highest BCUT2D eigenvalue weighted by atomic mass is 32.1. The van der Waals surface area contributed by atoms with E-state index in [-0.39, 0.29) is 12.1 Å². The van der Waals surface area contributed by atoms with Crippen LogP contribution in [0.2, 0.25) is 0 Å². The molecule has 1 aromatic heterocycles. The summed E-state index contributed by atoms with van der Waals surface area (Å²) in [7, 11) is 0. The summed E-state index contributed by atoms with van der Waals surface area (Å²) < 4.78 is 13.4. The number of thiazole rings is 1. The second-order valence-electron chi connectivity index (χ2n) is 4.46. The minimum atomic E-state index is -1.08. The number of nitrogens with one attached hydrogen (secondary N) is 2. The summed E-state index contributed by atoms with van der Waals surface area (Å²) >= 11 is 1.46. The molecule has 0 fully saturated rings. The summed E-state index contributed by atoms with van der Waals surface area (Å²) in [5, 5.41) is 15.0. The van der Waals surface area contributed by atoms with Crippen LogP contribution in [0.25, 0.3) is 0 Å². The van der Waals surface area contributed by atoms with Crippen molar-refractivity contribution in [1.29, 1.82) is 0 Å². The van der Waals surface area contributed by atoms with E-state index in [0.717, 1.165) is 10.6 Å². The van der Waals surface area contributed by atoms with Gasteiger partial charge in [0.05, 0.1) is 23.9 Å². The van der Waals surface area contributed by atoms with Crippen LogP contribution in [-0.2, 0) is 6.54 Å². The van der Waals surface area contributed by atoms with E-state index in [4.69, 9.17) is 0 Å². The molecule has 0 saturated heterocycles. The van der Waals surface area contributed by atoms with Crippen LogP contribution in [0.5, 0.6) is 0 Å². The van der Waals surface area contributed by atoms with Crippen LogP contribution in [0.3, 0.4) is 0 Å². The van der Waals surface area contributed by atoms with Gasteiger partial charge in [0.1, 0.15) is 5.82 Å². The molecule has 2 aromatic rings. The lowest BCUT2D eigenvalue weighted by Crippen LogP contribution is -2.37. The Kier molecular flexibility index (Phi) is 5.24. The van der Waals surface area contributed by atoms with Crippen molar-refractivity contribution in [3.63, 3.8) is 0 Å². The topological polar surface area (TPSA) is 74.2 Å². The van der Waals surface area contributed by atoms with Gasteiger partial charge in [-0.25, -0.2) is 14.2 Å². The second-order valence-corrected chi connectivity index (χ2v) is 5.40. The molecule has 1 unspecified atom stereocenters. The number of nitrogens with zero attached hydrogens (tertiary/aromatic N) is 1. The molecule has 1 atom stereocenters. The van der Waals surface area contributed by atoms with E-state index in [2.05, 4.69) is 15.6 Å². The van der Waals surface area contributed by atoms with Crippen LogP contribution >= 0.6 is 11.3 Å². The predicted octanol–water partition coefficient (Wildman–Crippen LogP) is 2.12. The molecule has 0 spiro atoms. The van der Waals surface area contributed by atoms with Crippen molar-refractivity contribution >= 4 is 17.4 Å². The highest BCUT2D eigenvalue weighted by molar-refractivity contribution is 7.09. The van der Waals surface area contributed by atoms with Gasteiger partial charge in [0, 0.05) is 17.0 Å². The summed E-state index contributed by atoms with van der Waals surface area (Å²) in [4.78, 5) is 16.7. The Labute approximate surface area is 125 Å². The van der Waals surface area contributed by atoms with Gasteiger partial charge in [0.2, 0.25) is 0 Å². The monoisotopic (exact) mass is 309 g/mol. The Morgan fingerprint density at radius 2 is 2.19 bits per heavy atom. The van der Waals surface area contributed by atoms with Gasteiger partial charge in [0.15, 0.2) is 0 Å². The zero-order valence-electron chi connectivity index (χ0n) is 11.5. The SMILES string of the molecule is Cc1ncsc1CNC(=O)NCC(O)c1ccccc1F. The minimum absolute atomic E-state index is 0.0611. The molecule has 7 heteroatoms. The number of hydrogen-bond donors (Lipinski definition) is 3. The van der Waals surface area contributed by atoms with Gasteiger partial charge < -0.3 is 15.7 Å². The number of urea groups is 1. The maximum Gasteiger partial charge on any atom is 0.315 e. The fourth-order valence-corrected chi connectivity index (χ4v) is 2.48. The largest absolute Gasteiger partial charge is 0.386 e. The minimum Gasteiger partial charge on any atom is -0.386 e. The average molecular weight is 309 g/mol. The molecule has 5 nitrogen and oxygen atoms in total. The Bertz CT molecular complexity index is 618. The quantitative estimate of drug-likeness (QED) is 0.792. The van der Waals surface area contributed by atoms with Crippen molar-refractivity contribution in [2.24, 2.45) is 0 Å². The van der Waals surface area contributed by atoms with Gasteiger partial charge in [-0.2, -0.15) is 0 Å². The first kappa shape index (κ1) is 15.4. The molecule has 3 N–H and O–H groups in total.